The molecule has 3 aromatic carbocycles. The Kier molecular flexibility index (Phi) is 6.62. The fraction of sp³-hybridized carbons (Fsp3) is 0.276. The van der Waals surface area contributed by atoms with Crippen LogP contribution < -0.4 is 15.8 Å². The lowest BCUT2D eigenvalue weighted by Crippen LogP contribution is -2.45. The second-order valence-electron chi connectivity index (χ2n) is 9.29. The Hall–Kier alpha value is -3.93. The minimum absolute atomic E-state index is 0.0272. The van der Waals surface area contributed by atoms with E-state index in [1.807, 2.05) is 59.5 Å². The smallest absolute Gasteiger partial charge is 0.294 e. The van der Waals surface area contributed by atoms with Crippen LogP contribution >= 0.6 is 0 Å². The number of hydrogen-bond donors (Lipinski definition) is 1. The lowest BCUT2D eigenvalue weighted by atomic mass is 9.97. The predicted octanol–water partition coefficient (Wildman–Crippen LogP) is 4.29. The second-order valence-corrected chi connectivity index (χ2v) is 9.29. The number of para-hydroxylation sites is 2. The molecule has 0 aliphatic carbocycles. The van der Waals surface area contributed by atoms with Gasteiger partial charge in [-0.05, 0) is 43.0 Å². The largest absolute Gasteiger partial charge is 0.352 e. The van der Waals surface area contributed by atoms with Crippen LogP contribution in [0.1, 0.15) is 29.5 Å². The number of aryl methyl sites for hydroxylation is 1. The van der Waals surface area contributed by atoms with Gasteiger partial charge >= 0.3 is 0 Å². The first kappa shape index (κ1) is 22.8. The Morgan fingerprint density at radius 3 is 2.51 bits per heavy atom. The first-order chi connectivity index (χ1) is 17.1. The van der Waals surface area contributed by atoms with Crippen molar-refractivity contribution in [2.75, 3.05) is 18.0 Å². The molecule has 35 heavy (non-hydrogen) atoms. The Labute approximate surface area is 205 Å². The summed E-state index contributed by atoms with van der Waals surface area (Å²) in [6.45, 7) is 4.25. The van der Waals surface area contributed by atoms with Crippen molar-refractivity contribution in [1.82, 2.24) is 14.9 Å². The lowest BCUT2D eigenvalue weighted by molar-refractivity contribution is -0.125. The average Bonchev–Trinajstić information content (AvgIpc) is 2.90. The lowest BCUT2D eigenvalue weighted by Gasteiger charge is -2.32. The third-order valence-corrected chi connectivity index (χ3v) is 6.70. The third kappa shape index (κ3) is 5.11. The van der Waals surface area contributed by atoms with Crippen LogP contribution in [0.25, 0.3) is 11.0 Å². The van der Waals surface area contributed by atoms with Crippen LogP contribution in [0.2, 0.25) is 0 Å². The predicted molar refractivity (Wildman–Crippen MR) is 140 cm³/mol. The van der Waals surface area contributed by atoms with Gasteiger partial charge in [-0.15, -0.1) is 0 Å². The van der Waals surface area contributed by atoms with Gasteiger partial charge in [0, 0.05) is 19.6 Å². The Morgan fingerprint density at radius 1 is 0.971 bits per heavy atom. The number of piperidine rings is 1. The van der Waals surface area contributed by atoms with Gasteiger partial charge in [0.15, 0.2) is 5.82 Å². The van der Waals surface area contributed by atoms with Crippen molar-refractivity contribution in [3.05, 3.63) is 106 Å². The Morgan fingerprint density at radius 2 is 1.71 bits per heavy atom. The molecule has 5 rings (SSSR count). The zero-order valence-corrected chi connectivity index (χ0v) is 20.0. The molecule has 0 saturated carbocycles. The molecule has 6 nitrogen and oxygen atoms in total. The van der Waals surface area contributed by atoms with E-state index in [0.717, 1.165) is 35.0 Å². The van der Waals surface area contributed by atoms with E-state index < -0.39 is 0 Å². The first-order valence-corrected chi connectivity index (χ1v) is 12.2. The van der Waals surface area contributed by atoms with E-state index in [9.17, 15) is 9.59 Å². The van der Waals surface area contributed by atoms with Crippen molar-refractivity contribution < 1.29 is 4.79 Å². The number of amides is 1. The number of aromatic nitrogens is 2. The molecule has 0 bridgehead atoms. The van der Waals surface area contributed by atoms with E-state index in [4.69, 9.17) is 4.98 Å². The fourth-order valence-electron chi connectivity index (χ4n) is 4.73. The van der Waals surface area contributed by atoms with Crippen molar-refractivity contribution in [2.24, 2.45) is 5.92 Å². The molecule has 1 saturated heterocycles. The number of benzene rings is 3. The molecular weight excluding hydrogens is 436 g/mol. The first-order valence-electron chi connectivity index (χ1n) is 12.2. The molecule has 1 amide bonds. The average molecular weight is 467 g/mol. The number of anilines is 1. The number of nitrogens with zero attached hydrogens (tertiary/aromatic N) is 3. The molecule has 0 radical (unpaired) electrons. The minimum atomic E-state index is -0.175. The molecular formula is C29H30N4O2. The molecule has 1 aliphatic rings. The van der Waals surface area contributed by atoms with Crippen LogP contribution in [0.4, 0.5) is 5.82 Å². The van der Waals surface area contributed by atoms with Gasteiger partial charge in [0.25, 0.3) is 5.56 Å². The summed E-state index contributed by atoms with van der Waals surface area (Å²) in [6.07, 6.45) is 1.65. The van der Waals surface area contributed by atoms with E-state index in [-0.39, 0.29) is 17.4 Å². The highest BCUT2D eigenvalue weighted by Crippen LogP contribution is 2.22. The topological polar surface area (TPSA) is 67.2 Å². The SMILES string of the molecule is Cc1ccc(Cn2c(=O)c(N3CCCC(C(=O)NCc4ccccc4)C3)nc3ccccc32)cc1. The molecule has 1 unspecified atom stereocenters. The summed E-state index contributed by atoms with van der Waals surface area (Å²) in [5.74, 6) is 0.279. The molecule has 6 heteroatoms. The van der Waals surface area contributed by atoms with Crippen molar-refractivity contribution in [3.8, 4) is 0 Å². The van der Waals surface area contributed by atoms with Gasteiger partial charge in [-0.1, -0.05) is 72.3 Å². The normalized spacial score (nSPS) is 15.8. The molecule has 4 aromatic rings. The number of carbonyl (C=O) groups is 1. The number of fused-ring (bicyclic) bond motifs is 1. The second kappa shape index (κ2) is 10.1. The van der Waals surface area contributed by atoms with Crippen molar-refractivity contribution in [1.29, 1.82) is 0 Å². The molecule has 0 spiro atoms. The van der Waals surface area contributed by atoms with Crippen LogP contribution in [-0.4, -0.2) is 28.5 Å². The maximum absolute atomic E-state index is 13.7. The van der Waals surface area contributed by atoms with Gasteiger partial charge < -0.3 is 10.2 Å². The van der Waals surface area contributed by atoms with E-state index in [1.165, 1.54) is 5.56 Å². The summed E-state index contributed by atoms with van der Waals surface area (Å²) in [7, 11) is 0. The van der Waals surface area contributed by atoms with Gasteiger partial charge in [0.05, 0.1) is 23.5 Å². The van der Waals surface area contributed by atoms with Gasteiger partial charge in [0.1, 0.15) is 0 Å². The maximum Gasteiger partial charge on any atom is 0.294 e. The highest BCUT2D eigenvalue weighted by molar-refractivity contribution is 5.80. The van der Waals surface area contributed by atoms with Crippen molar-refractivity contribution in [2.45, 2.75) is 32.9 Å². The minimum Gasteiger partial charge on any atom is -0.352 e. The number of rotatable bonds is 6. The summed E-state index contributed by atoms with van der Waals surface area (Å²) in [4.78, 5) is 33.4. The number of nitrogens with one attached hydrogen (secondary N) is 1. The van der Waals surface area contributed by atoms with Crippen LogP contribution in [0.5, 0.6) is 0 Å². The van der Waals surface area contributed by atoms with Gasteiger partial charge in [-0.25, -0.2) is 4.98 Å². The zero-order chi connectivity index (χ0) is 24.2. The number of carbonyl (C=O) groups excluding carboxylic acids is 1. The van der Waals surface area contributed by atoms with Gasteiger partial charge in [-0.2, -0.15) is 0 Å². The zero-order valence-electron chi connectivity index (χ0n) is 20.0. The molecule has 1 aliphatic heterocycles. The maximum atomic E-state index is 13.7. The molecule has 1 N–H and O–H groups in total. The molecule has 2 heterocycles. The summed E-state index contributed by atoms with van der Waals surface area (Å²) in [6, 6.07) is 25.9. The standard InChI is InChI=1S/C29H30N4O2/c1-21-13-15-23(16-14-21)19-33-26-12-6-5-11-25(26)31-27(29(33)35)32-17-7-10-24(20-32)28(34)30-18-22-8-3-2-4-9-22/h2-6,8-9,11-16,24H,7,10,17-20H2,1H3,(H,30,34). The highest BCUT2D eigenvalue weighted by atomic mass is 16.2. The van der Waals surface area contributed by atoms with Crippen molar-refractivity contribution in [3.63, 3.8) is 0 Å². The van der Waals surface area contributed by atoms with Crippen LogP contribution in [-0.2, 0) is 17.9 Å². The molecule has 178 valence electrons. The van der Waals surface area contributed by atoms with E-state index in [2.05, 4.69) is 36.5 Å². The Balaban J connectivity index is 1.40. The highest BCUT2D eigenvalue weighted by Gasteiger charge is 2.28. The van der Waals surface area contributed by atoms with Crippen LogP contribution in [0.3, 0.4) is 0 Å². The number of hydrogen-bond acceptors (Lipinski definition) is 4. The van der Waals surface area contributed by atoms with E-state index in [0.29, 0.717) is 32.0 Å². The molecule has 1 fully saturated rings. The quantitative estimate of drug-likeness (QED) is 0.461. The third-order valence-electron chi connectivity index (χ3n) is 6.70. The van der Waals surface area contributed by atoms with Gasteiger partial charge in [0.2, 0.25) is 5.91 Å². The molecule has 1 atom stereocenters. The summed E-state index contributed by atoms with van der Waals surface area (Å²) >= 11 is 0. The summed E-state index contributed by atoms with van der Waals surface area (Å²) in [5.41, 5.74) is 4.81. The Bertz CT molecular complexity index is 1380. The molecule has 1 aromatic heterocycles. The van der Waals surface area contributed by atoms with Gasteiger partial charge in [-0.3, -0.25) is 14.2 Å². The summed E-state index contributed by atoms with van der Waals surface area (Å²) in [5, 5.41) is 3.06. The summed E-state index contributed by atoms with van der Waals surface area (Å²) < 4.78 is 1.81. The van der Waals surface area contributed by atoms with Crippen LogP contribution in [0.15, 0.2) is 83.7 Å². The van der Waals surface area contributed by atoms with E-state index >= 15 is 0 Å². The van der Waals surface area contributed by atoms with Crippen molar-refractivity contribution >= 4 is 22.8 Å². The van der Waals surface area contributed by atoms with E-state index in [1.54, 1.807) is 4.57 Å². The monoisotopic (exact) mass is 466 g/mol. The fourth-order valence-corrected chi connectivity index (χ4v) is 4.73. The van der Waals surface area contributed by atoms with Crippen LogP contribution in [0, 0.1) is 12.8 Å².